The molecule has 0 unspecified atom stereocenters. The normalized spacial score (nSPS) is 9.29. The molecule has 0 aliphatic rings. The number of phenolic OH excluding ortho intramolecular Hbond substituents is 1. The lowest BCUT2D eigenvalue weighted by Gasteiger charge is -2.01. The number of benzene rings is 1. The first-order chi connectivity index (χ1) is 8.04. The SMILES string of the molecule is C/C=C/C(=O)O.COc1cc(C=O)ccc1O. The molecule has 0 amide bonds. The second-order valence-electron chi connectivity index (χ2n) is 2.89. The number of carboxylic acids is 1. The van der Waals surface area contributed by atoms with Crippen LogP contribution < -0.4 is 4.74 Å². The quantitative estimate of drug-likeness (QED) is 0.620. The molecule has 0 saturated carbocycles. The molecule has 0 saturated heterocycles. The van der Waals surface area contributed by atoms with E-state index < -0.39 is 5.97 Å². The Bertz CT molecular complexity index is 409. The summed E-state index contributed by atoms with van der Waals surface area (Å²) >= 11 is 0. The number of aromatic hydroxyl groups is 1. The van der Waals surface area contributed by atoms with Crippen LogP contribution in [-0.2, 0) is 4.79 Å². The number of allylic oxidation sites excluding steroid dienone is 1. The third kappa shape index (κ3) is 5.99. The van der Waals surface area contributed by atoms with Gasteiger partial charge in [-0.1, -0.05) is 6.08 Å². The van der Waals surface area contributed by atoms with Crippen molar-refractivity contribution in [2.75, 3.05) is 7.11 Å². The van der Waals surface area contributed by atoms with E-state index in [0.29, 0.717) is 17.6 Å². The highest BCUT2D eigenvalue weighted by atomic mass is 16.5. The molecule has 5 nitrogen and oxygen atoms in total. The largest absolute Gasteiger partial charge is 0.504 e. The third-order valence-corrected chi connectivity index (χ3v) is 1.65. The van der Waals surface area contributed by atoms with Crippen LogP contribution in [0.2, 0.25) is 0 Å². The molecule has 0 fully saturated rings. The molecule has 5 heteroatoms. The first-order valence-corrected chi connectivity index (χ1v) is 4.73. The molecule has 1 aromatic rings. The van der Waals surface area contributed by atoms with Gasteiger partial charge in [0.2, 0.25) is 0 Å². The van der Waals surface area contributed by atoms with Crippen LogP contribution in [0.15, 0.2) is 30.4 Å². The Morgan fingerprint density at radius 1 is 1.41 bits per heavy atom. The fourth-order valence-electron chi connectivity index (χ4n) is 0.910. The van der Waals surface area contributed by atoms with E-state index in [0.717, 1.165) is 6.08 Å². The first-order valence-electron chi connectivity index (χ1n) is 4.73. The molecule has 2 N–H and O–H groups in total. The van der Waals surface area contributed by atoms with Crippen molar-refractivity contribution in [3.63, 3.8) is 0 Å². The van der Waals surface area contributed by atoms with E-state index >= 15 is 0 Å². The van der Waals surface area contributed by atoms with Crippen molar-refractivity contribution >= 4 is 12.3 Å². The van der Waals surface area contributed by atoms with Crippen molar-refractivity contribution in [2.24, 2.45) is 0 Å². The van der Waals surface area contributed by atoms with Gasteiger partial charge in [0, 0.05) is 11.6 Å². The molecule has 0 bridgehead atoms. The zero-order valence-electron chi connectivity index (χ0n) is 9.58. The average molecular weight is 238 g/mol. The van der Waals surface area contributed by atoms with Gasteiger partial charge in [0.25, 0.3) is 0 Å². The lowest BCUT2D eigenvalue weighted by molar-refractivity contribution is -0.131. The lowest BCUT2D eigenvalue weighted by atomic mass is 10.2. The van der Waals surface area contributed by atoms with Crippen molar-refractivity contribution in [1.82, 2.24) is 0 Å². The van der Waals surface area contributed by atoms with Gasteiger partial charge in [0.1, 0.15) is 6.29 Å². The summed E-state index contributed by atoms with van der Waals surface area (Å²) in [5.41, 5.74) is 0.486. The van der Waals surface area contributed by atoms with E-state index in [1.54, 1.807) is 6.92 Å². The Morgan fingerprint density at radius 2 is 2.06 bits per heavy atom. The number of ether oxygens (including phenoxy) is 1. The molecule has 0 aliphatic heterocycles. The molecule has 0 atom stereocenters. The minimum absolute atomic E-state index is 0.0399. The van der Waals surface area contributed by atoms with E-state index in [2.05, 4.69) is 0 Å². The highest BCUT2D eigenvalue weighted by Crippen LogP contribution is 2.25. The number of methoxy groups -OCH3 is 1. The van der Waals surface area contributed by atoms with Crippen LogP contribution in [0.4, 0.5) is 0 Å². The average Bonchev–Trinajstić information content (AvgIpc) is 2.30. The van der Waals surface area contributed by atoms with Gasteiger partial charge >= 0.3 is 5.97 Å². The van der Waals surface area contributed by atoms with E-state index in [1.165, 1.54) is 31.4 Å². The predicted octanol–water partition coefficient (Wildman–Crippen LogP) is 1.86. The number of aldehydes is 1. The molecule has 1 aromatic carbocycles. The topological polar surface area (TPSA) is 83.8 Å². The molecule has 0 radical (unpaired) electrons. The van der Waals surface area contributed by atoms with Crippen molar-refractivity contribution in [3.8, 4) is 11.5 Å². The summed E-state index contributed by atoms with van der Waals surface area (Å²) in [7, 11) is 1.43. The number of rotatable bonds is 3. The van der Waals surface area contributed by atoms with Gasteiger partial charge in [-0.05, 0) is 25.1 Å². The van der Waals surface area contributed by atoms with E-state index in [1.807, 2.05) is 0 Å². The Hall–Kier alpha value is -2.30. The van der Waals surface area contributed by atoms with E-state index in [4.69, 9.17) is 14.9 Å². The molecule has 92 valence electrons. The summed E-state index contributed by atoms with van der Waals surface area (Å²) in [5, 5.41) is 16.9. The molecule has 0 aliphatic carbocycles. The van der Waals surface area contributed by atoms with E-state index in [-0.39, 0.29) is 5.75 Å². The minimum Gasteiger partial charge on any atom is -0.504 e. The van der Waals surface area contributed by atoms with Crippen LogP contribution in [0.5, 0.6) is 11.5 Å². The zero-order chi connectivity index (χ0) is 13.3. The van der Waals surface area contributed by atoms with Crippen molar-refractivity contribution in [1.29, 1.82) is 0 Å². The molecule has 0 heterocycles. The Kier molecular flexibility index (Phi) is 6.85. The van der Waals surface area contributed by atoms with Crippen LogP contribution in [0.3, 0.4) is 0 Å². The number of aliphatic carboxylic acids is 1. The second kappa shape index (κ2) is 7.92. The van der Waals surface area contributed by atoms with Crippen molar-refractivity contribution < 1.29 is 24.5 Å². The Morgan fingerprint density at radius 3 is 2.41 bits per heavy atom. The van der Waals surface area contributed by atoms with Crippen LogP contribution in [0.25, 0.3) is 0 Å². The monoisotopic (exact) mass is 238 g/mol. The fourth-order valence-corrected chi connectivity index (χ4v) is 0.910. The van der Waals surface area contributed by atoms with Gasteiger partial charge in [-0.3, -0.25) is 4.79 Å². The summed E-state index contributed by atoms with van der Waals surface area (Å²) < 4.78 is 4.78. The number of hydrogen-bond donors (Lipinski definition) is 2. The van der Waals surface area contributed by atoms with Gasteiger partial charge in [-0.2, -0.15) is 0 Å². The molecule has 0 aromatic heterocycles. The van der Waals surface area contributed by atoms with E-state index in [9.17, 15) is 9.59 Å². The van der Waals surface area contributed by atoms with Gasteiger partial charge in [0.05, 0.1) is 7.11 Å². The highest BCUT2D eigenvalue weighted by molar-refractivity contribution is 5.79. The smallest absolute Gasteiger partial charge is 0.327 e. The number of phenols is 1. The minimum atomic E-state index is -0.891. The maximum absolute atomic E-state index is 10.2. The summed E-state index contributed by atoms with van der Waals surface area (Å²) in [6, 6.07) is 4.41. The molecular formula is C12H14O5. The fraction of sp³-hybridized carbons (Fsp3) is 0.167. The standard InChI is InChI=1S/C8H8O3.C4H6O2/c1-11-8-4-6(5-9)2-3-7(8)10;1-2-3-4(5)6/h2-5,10H,1H3;2-3H,1H3,(H,5,6)/b;3-2+. The number of hydrogen-bond acceptors (Lipinski definition) is 4. The van der Waals surface area contributed by atoms with Gasteiger partial charge < -0.3 is 14.9 Å². The molecule has 0 spiro atoms. The zero-order valence-corrected chi connectivity index (χ0v) is 9.58. The Balaban J connectivity index is 0.000000366. The highest BCUT2D eigenvalue weighted by Gasteiger charge is 2.00. The number of carbonyl (C=O) groups is 2. The Labute approximate surface area is 99.0 Å². The van der Waals surface area contributed by atoms with Crippen molar-refractivity contribution in [3.05, 3.63) is 35.9 Å². The van der Waals surface area contributed by atoms with Gasteiger partial charge in [-0.15, -0.1) is 0 Å². The van der Waals surface area contributed by atoms with Gasteiger partial charge in [0.15, 0.2) is 11.5 Å². The first kappa shape index (κ1) is 14.7. The summed E-state index contributed by atoms with van der Waals surface area (Å²) in [5.74, 6) is -0.537. The summed E-state index contributed by atoms with van der Waals surface area (Å²) in [4.78, 5) is 19.8. The predicted molar refractivity (Wildman–Crippen MR) is 62.5 cm³/mol. The second-order valence-corrected chi connectivity index (χ2v) is 2.89. The lowest BCUT2D eigenvalue weighted by Crippen LogP contribution is -1.85. The molecule has 1 rings (SSSR count). The van der Waals surface area contributed by atoms with Crippen LogP contribution in [0, 0.1) is 0 Å². The van der Waals surface area contributed by atoms with Crippen LogP contribution in [-0.4, -0.2) is 29.6 Å². The summed E-state index contributed by atoms with van der Waals surface area (Å²) in [6.45, 7) is 1.66. The van der Waals surface area contributed by atoms with Crippen LogP contribution >= 0.6 is 0 Å². The van der Waals surface area contributed by atoms with Gasteiger partial charge in [-0.25, -0.2) is 4.79 Å². The summed E-state index contributed by atoms with van der Waals surface area (Å²) in [6.07, 6.45) is 3.25. The molecule has 17 heavy (non-hydrogen) atoms. The van der Waals surface area contributed by atoms with Crippen molar-refractivity contribution in [2.45, 2.75) is 6.92 Å². The maximum atomic E-state index is 10.2. The third-order valence-electron chi connectivity index (χ3n) is 1.65. The number of carbonyl (C=O) groups excluding carboxylic acids is 1. The molecular weight excluding hydrogens is 224 g/mol. The van der Waals surface area contributed by atoms with Crippen LogP contribution in [0.1, 0.15) is 17.3 Å². The number of carboxylic acid groups (broad SMARTS) is 1. The maximum Gasteiger partial charge on any atom is 0.327 e.